The van der Waals surface area contributed by atoms with E-state index in [-0.39, 0.29) is 28.7 Å². The Labute approximate surface area is 170 Å². The zero-order chi connectivity index (χ0) is 20.7. The number of amides is 1. The largest absolute Gasteiger partial charge is 0.493 e. The number of thioether (sulfide) groups is 1. The topological polar surface area (TPSA) is 85.3 Å². The Morgan fingerprint density at radius 1 is 1.21 bits per heavy atom. The van der Waals surface area contributed by atoms with Gasteiger partial charge in [-0.2, -0.15) is 4.99 Å². The van der Waals surface area contributed by atoms with Crippen molar-refractivity contribution in [2.75, 3.05) is 25.7 Å². The van der Waals surface area contributed by atoms with E-state index in [1.54, 1.807) is 14.2 Å². The lowest BCUT2D eigenvalue weighted by atomic mass is 9.96. The van der Waals surface area contributed by atoms with E-state index < -0.39 is 15.3 Å². The van der Waals surface area contributed by atoms with Gasteiger partial charge in [-0.3, -0.25) is 4.79 Å². The summed E-state index contributed by atoms with van der Waals surface area (Å²) >= 11 is 1.39. The smallest absolute Gasteiger partial charge is 0.253 e. The fourth-order valence-corrected chi connectivity index (χ4v) is 7.20. The number of methoxy groups -OCH3 is 2. The minimum atomic E-state index is -3.08. The van der Waals surface area contributed by atoms with Crippen molar-refractivity contribution in [3.05, 3.63) is 23.8 Å². The third kappa shape index (κ3) is 4.30. The predicted molar refractivity (Wildman–Crippen MR) is 111 cm³/mol. The summed E-state index contributed by atoms with van der Waals surface area (Å²) in [4.78, 5) is 18.8. The number of amidine groups is 1. The highest BCUT2D eigenvalue weighted by Crippen LogP contribution is 2.40. The molecule has 2 unspecified atom stereocenters. The van der Waals surface area contributed by atoms with Gasteiger partial charge in [0, 0.05) is 17.2 Å². The van der Waals surface area contributed by atoms with Crippen LogP contribution in [0, 0.1) is 5.41 Å². The molecule has 1 aromatic carbocycles. The van der Waals surface area contributed by atoms with Crippen molar-refractivity contribution in [1.82, 2.24) is 4.90 Å². The molecule has 3 rings (SSSR count). The molecule has 1 aromatic rings. The van der Waals surface area contributed by atoms with Crippen LogP contribution >= 0.6 is 11.8 Å². The normalized spacial score (nSPS) is 25.0. The molecule has 0 bridgehead atoms. The van der Waals surface area contributed by atoms with Crippen LogP contribution in [-0.2, 0) is 21.2 Å². The van der Waals surface area contributed by atoms with Crippen molar-refractivity contribution in [3.63, 3.8) is 0 Å². The van der Waals surface area contributed by atoms with Gasteiger partial charge < -0.3 is 14.4 Å². The number of carbonyl (C=O) groups is 1. The molecule has 0 aromatic heterocycles. The van der Waals surface area contributed by atoms with Crippen LogP contribution in [0.3, 0.4) is 0 Å². The second-order valence-electron chi connectivity index (χ2n) is 8.07. The monoisotopic (exact) mass is 426 g/mol. The SMILES string of the molecule is COc1ccc(CN2C(=NC(=O)C(C)(C)C)SC3CS(=O)(=O)CC32)cc1OC. The fraction of sp³-hybridized carbons (Fsp3) is 0.579. The maximum atomic E-state index is 12.5. The Morgan fingerprint density at radius 3 is 2.50 bits per heavy atom. The lowest BCUT2D eigenvalue weighted by Gasteiger charge is -2.25. The molecular weight excluding hydrogens is 400 g/mol. The van der Waals surface area contributed by atoms with Gasteiger partial charge in [-0.1, -0.05) is 38.6 Å². The summed E-state index contributed by atoms with van der Waals surface area (Å²) in [6.45, 7) is 5.91. The molecule has 28 heavy (non-hydrogen) atoms. The van der Waals surface area contributed by atoms with Gasteiger partial charge in [0.1, 0.15) is 0 Å². The Balaban J connectivity index is 1.93. The third-order valence-corrected chi connectivity index (χ3v) is 8.06. The van der Waals surface area contributed by atoms with Gasteiger partial charge >= 0.3 is 0 Å². The third-order valence-electron chi connectivity index (χ3n) is 4.81. The molecule has 2 aliphatic heterocycles. The first kappa shape index (κ1) is 21.0. The van der Waals surface area contributed by atoms with Crippen LogP contribution in [0.1, 0.15) is 26.3 Å². The molecule has 154 valence electrons. The van der Waals surface area contributed by atoms with Crippen molar-refractivity contribution >= 4 is 32.7 Å². The van der Waals surface area contributed by atoms with Crippen molar-refractivity contribution < 1.29 is 22.7 Å². The number of nitrogens with zero attached hydrogens (tertiary/aromatic N) is 2. The number of hydrogen-bond acceptors (Lipinski definition) is 6. The number of ether oxygens (including phenoxy) is 2. The van der Waals surface area contributed by atoms with Crippen molar-refractivity contribution in [2.24, 2.45) is 10.4 Å². The fourth-order valence-electron chi connectivity index (χ4n) is 3.25. The highest BCUT2D eigenvalue weighted by Gasteiger charge is 2.49. The Morgan fingerprint density at radius 2 is 1.89 bits per heavy atom. The standard InChI is InChI=1S/C19H26N2O5S2/c1-19(2,3)17(22)20-18-21(13-10-28(23,24)11-16(13)27-18)9-12-6-7-14(25-4)15(8-12)26-5/h6-8,13,16H,9-11H2,1-5H3. The first-order chi connectivity index (χ1) is 13.0. The van der Waals surface area contributed by atoms with Gasteiger partial charge in [0.15, 0.2) is 26.5 Å². The van der Waals surface area contributed by atoms with Crippen molar-refractivity contribution in [1.29, 1.82) is 0 Å². The number of sulfone groups is 1. The average Bonchev–Trinajstić information content (AvgIpc) is 3.06. The zero-order valence-electron chi connectivity index (χ0n) is 16.8. The lowest BCUT2D eigenvalue weighted by molar-refractivity contribution is -0.124. The van der Waals surface area contributed by atoms with Gasteiger partial charge in [0.25, 0.3) is 5.91 Å². The van der Waals surface area contributed by atoms with Crippen LogP contribution in [0.5, 0.6) is 11.5 Å². The highest BCUT2D eigenvalue weighted by atomic mass is 32.2. The molecule has 7 nitrogen and oxygen atoms in total. The van der Waals surface area contributed by atoms with Crippen LogP contribution < -0.4 is 9.47 Å². The van der Waals surface area contributed by atoms with Gasteiger partial charge in [-0.05, 0) is 17.7 Å². The molecular formula is C19H26N2O5S2. The molecule has 2 fully saturated rings. The minimum absolute atomic E-state index is 0.0840. The molecule has 2 saturated heterocycles. The number of fused-ring (bicyclic) bond motifs is 1. The summed E-state index contributed by atoms with van der Waals surface area (Å²) in [7, 11) is 0.0645. The molecule has 0 aliphatic carbocycles. The highest BCUT2D eigenvalue weighted by molar-refractivity contribution is 8.15. The first-order valence-corrected chi connectivity index (χ1v) is 11.7. The summed E-state index contributed by atoms with van der Waals surface area (Å²) in [5, 5.41) is 0.497. The van der Waals surface area contributed by atoms with E-state index in [4.69, 9.17) is 9.47 Å². The molecule has 2 atom stereocenters. The summed E-state index contributed by atoms with van der Waals surface area (Å²) in [5.41, 5.74) is 0.339. The van der Waals surface area contributed by atoms with Gasteiger partial charge in [-0.25, -0.2) is 8.42 Å². The molecule has 0 spiro atoms. The van der Waals surface area contributed by atoms with Crippen LogP contribution in [0.2, 0.25) is 0 Å². The first-order valence-electron chi connectivity index (χ1n) is 9.02. The Bertz CT molecular complexity index is 905. The molecule has 1 amide bonds. The van der Waals surface area contributed by atoms with Crippen LogP contribution in [0.25, 0.3) is 0 Å². The van der Waals surface area contributed by atoms with E-state index in [2.05, 4.69) is 4.99 Å². The van der Waals surface area contributed by atoms with Crippen LogP contribution in [0.15, 0.2) is 23.2 Å². The Hall–Kier alpha value is -1.74. The Kier molecular flexibility index (Phi) is 5.69. The summed E-state index contributed by atoms with van der Waals surface area (Å²) in [6, 6.07) is 5.40. The quantitative estimate of drug-likeness (QED) is 0.730. The van der Waals surface area contributed by atoms with E-state index in [9.17, 15) is 13.2 Å². The van der Waals surface area contributed by atoms with Gasteiger partial charge in [0.2, 0.25) is 0 Å². The zero-order valence-corrected chi connectivity index (χ0v) is 18.4. The van der Waals surface area contributed by atoms with Crippen LogP contribution in [0.4, 0.5) is 0 Å². The number of hydrogen-bond donors (Lipinski definition) is 0. The maximum Gasteiger partial charge on any atom is 0.253 e. The summed E-state index contributed by atoms with van der Waals surface area (Å²) in [6.07, 6.45) is 0. The number of carbonyl (C=O) groups excluding carboxylic acids is 1. The number of aliphatic imine (C=N–C) groups is 1. The average molecular weight is 427 g/mol. The minimum Gasteiger partial charge on any atom is -0.493 e. The summed E-state index contributed by atoms with van der Waals surface area (Å²) in [5.74, 6) is 1.22. The van der Waals surface area contributed by atoms with Gasteiger partial charge in [0.05, 0.1) is 31.8 Å². The number of rotatable bonds is 4. The van der Waals surface area contributed by atoms with E-state index in [0.29, 0.717) is 23.2 Å². The van der Waals surface area contributed by atoms with Crippen molar-refractivity contribution in [2.45, 2.75) is 38.6 Å². The molecule has 0 saturated carbocycles. The molecule has 2 aliphatic rings. The van der Waals surface area contributed by atoms with Crippen molar-refractivity contribution in [3.8, 4) is 11.5 Å². The molecule has 0 N–H and O–H groups in total. The molecule has 2 heterocycles. The maximum absolute atomic E-state index is 12.5. The predicted octanol–water partition coefficient (Wildman–Crippen LogP) is 2.35. The molecule has 0 radical (unpaired) electrons. The lowest BCUT2D eigenvalue weighted by Crippen LogP contribution is -2.37. The van der Waals surface area contributed by atoms with Crippen LogP contribution in [-0.4, -0.2) is 61.4 Å². The van der Waals surface area contributed by atoms with E-state index in [1.807, 2.05) is 43.9 Å². The van der Waals surface area contributed by atoms with E-state index in [1.165, 1.54) is 11.8 Å². The van der Waals surface area contributed by atoms with E-state index in [0.717, 1.165) is 5.56 Å². The molecule has 9 heteroatoms. The second-order valence-corrected chi connectivity index (χ2v) is 11.4. The van der Waals surface area contributed by atoms with E-state index >= 15 is 0 Å². The number of benzene rings is 1. The second kappa shape index (κ2) is 7.59. The van der Waals surface area contributed by atoms with Gasteiger partial charge in [-0.15, -0.1) is 0 Å². The summed E-state index contributed by atoms with van der Waals surface area (Å²) < 4.78 is 34.9.